The predicted molar refractivity (Wildman–Crippen MR) is 91.6 cm³/mol. The normalized spacial score (nSPS) is 12.2. The van der Waals surface area contributed by atoms with Gasteiger partial charge in [0.15, 0.2) is 0 Å². The van der Waals surface area contributed by atoms with Crippen LogP contribution in [0.5, 0.6) is 0 Å². The van der Waals surface area contributed by atoms with Crippen molar-refractivity contribution in [2.45, 2.75) is 34.1 Å². The highest BCUT2D eigenvalue weighted by atomic mass is 35.5. The Hall–Kier alpha value is -1.39. The molecule has 1 heterocycles. The van der Waals surface area contributed by atoms with Gasteiger partial charge >= 0.3 is 0 Å². The molecule has 2 rings (SSSR count). The van der Waals surface area contributed by atoms with Crippen molar-refractivity contribution in [3.05, 3.63) is 33.7 Å². The molecular formula is C16H19ClN2OS. The van der Waals surface area contributed by atoms with Crippen molar-refractivity contribution in [1.29, 1.82) is 0 Å². The van der Waals surface area contributed by atoms with E-state index in [1.807, 2.05) is 32.0 Å². The van der Waals surface area contributed by atoms with Crippen LogP contribution >= 0.6 is 22.9 Å². The molecule has 0 atom stereocenters. The van der Waals surface area contributed by atoms with Gasteiger partial charge in [0.1, 0.15) is 4.88 Å². The summed E-state index contributed by atoms with van der Waals surface area (Å²) in [5, 5.41) is 5.56. The fourth-order valence-corrected chi connectivity index (χ4v) is 3.66. The summed E-state index contributed by atoms with van der Waals surface area (Å²) in [4.78, 5) is 12.7. The minimum atomic E-state index is -0.248. The van der Waals surface area contributed by atoms with Gasteiger partial charge in [-0.1, -0.05) is 37.6 Å². The third-order valence-electron chi connectivity index (χ3n) is 3.04. The molecule has 1 amide bonds. The summed E-state index contributed by atoms with van der Waals surface area (Å²) in [7, 11) is 0. The molecule has 0 saturated heterocycles. The van der Waals surface area contributed by atoms with Gasteiger partial charge in [0.25, 0.3) is 5.91 Å². The standard InChI is InChI=1S/C16H19ClN2OS/c1-9(2)7-11(4)18-19-16(20)15-14(17)12-6-5-10(3)8-13(12)21-15/h5-6,8-9H,7H2,1-4H3,(H,19,20)/b18-11+. The molecule has 0 fully saturated rings. The number of nitrogens with zero attached hydrogens (tertiary/aromatic N) is 1. The average Bonchev–Trinajstić information content (AvgIpc) is 2.72. The van der Waals surface area contributed by atoms with E-state index in [-0.39, 0.29) is 5.91 Å². The summed E-state index contributed by atoms with van der Waals surface area (Å²) in [6.45, 7) is 8.17. The molecule has 0 radical (unpaired) electrons. The number of aryl methyl sites for hydroxylation is 1. The molecule has 0 aliphatic rings. The highest BCUT2D eigenvalue weighted by Gasteiger charge is 2.16. The lowest BCUT2D eigenvalue weighted by molar-refractivity contribution is 0.0959. The first kappa shape index (κ1) is 16.0. The lowest BCUT2D eigenvalue weighted by Crippen LogP contribution is -2.18. The van der Waals surface area contributed by atoms with Crippen LogP contribution < -0.4 is 5.43 Å². The van der Waals surface area contributed by atoms with Gasteiger partial charge in [-0.25, -0.2) is 5.43 Å². The van der Waals surface area contributed by atoms with E-state index in [0.717, 1.165) is 27.8 Å². The monoisotopic (exact) mass is 322 g/mol. The van der Waals surface area contributed by atoms with E-state index >= 15 is 0 Å². The molecule has 0 aliphatic carbocycles. The number of halogens is 1. The first-order chi connectivity index (χ1) is 9.88. The number of amides is 1. The molecule has 0 bridgehead atoms. The summed E-state index contributed by atoms with van der Waals surface area (Å²) in [5.74, 6) is 0.267. The van der Waals surface area contributed by atoms with E-state index in [1.54, 1.807) is 0 Å². The molecule has 21 heavy (non-hydrogen) atoms. The molecule has 3 nitrogen and oxygen atoms in total. The minimum Gasteiger partial charge on any atom is -0.266 e. The predicted octanol–water partition coefficient (Wildman–Crippen LogP) is 5.01. The number of fused-ring (bicyclic) bond motifs is 1. The van der Waals surface area contributed by atoms with E-state index in [0.29, 0.717) is 15.8 Å². The molecule has 2 aromatic rings. The Labute approximate surface area is 134 Å². The maximum Gasteiger partial charge on any atom is 0.283 e. The van der Waals surface area contributed by atoms with Crippen molar-refractivity contribution in [2.75, 3.05) is 0 Å². The second-order valence-electron chi connectivity index (χ2n) is 5.63. The third-order valence-corrected chi connectivity index (χ3v) is 4.70. The Kier molecular flexibility index (Phi) is 5.01. The van der Waals surface area contributed by atoms with Crippen LogP contribution in [0.4, 0.5) is 0 Å². The number of carbonyl (C=O) groups excluding carboxylic acids is 1. The van der Waals surface area contributed by atoms with Gasteiger partial charge in [0.2, 0.25) is 0 Å². The zero-order chi connectivity index (χ0) is 15.6. The maximum absolute atomic E-state index is 12.2. The van der Waals surface area contributed by atoms with Crippen LogP contribution in [0.1, 0.15) is 42.4 Å². The largest absolute Gasteiger partial charge is 0.283 e. The van der Waals surface area contributed by atoms with Crippen LogP contribution in [-0.2, 0) is 0 Å². The Morgan fingerprint density at radius 3 is 2.81 bits per heavy atom. The Morgan fingerprint density at radius 1 is 1.43 bits per heavy atom. The molecule has 1 aromatic carbocycles. The average molecular weight is 323 g/mol. The quantitative estimate of drug-likeness (QED) is 0.623. The number of carbonyl (C=O) groups is 1. The number of rotatable bonds is 4. The molecule has 1 aromatic heterocycles. The fraction of sp³-hybridized carbons (Fsp3) is 0.375. The van der Waals surface area contributed by atoms with Crippen LogP contribution in [0.2, 0.25) is 5.02 Å². The fourth-order valence-electron chi connectivity index (χ4n) is 2.15. The minimum absolute atomic E-state index is 0.248. The van der Waals surface area contributed by atoms with Crippen LogP contribution in [-0.4, -0.2) is 11.6 Å². The van der Waals surface area contributed by atoms with E-state index < -0.39 is 0 Å². The van der Waals surface area contributed by atoms with Crippen LogP contribution in [0, 0.1) is 12.8 Å². The third kappa shape index (κ3) is 3.83. The van der Waals surface area contributed by atoms with Gasteiger partial charge in [-0.2, -0.15) is 5.10 Å². The lowest BCUT2D eigenvalue weighted by atomic mass is 10.1. The zero-order valence-electron chi connectivity index (χ0n) is 12.7. The van der Waals surface area contributed by atoms with E-state index in [2.05, 4.69) is 24.4 Å². The number of hydrazone groups is 1. The molecule has 112 valence electrons. The highest BCUT2D eigenvalue weighted by molar-refractivity contribution is 7.21. The van der Waals surface area contributed by atoms with Crippen LogP contribution in [0.3, 0.4) is 0 Å². The lowest BCUT2D eigenvalue weighted by Gasteiger charge is -2.04. The molecule has 0 unspecified atom stereocenters. The molecule has 0 aliphatic heterocycles. The topological polar surface area (TPSA) is 41.5 Å². The zero-order valence-corrected chi connectivity index (χ0v) is 14.2. The molecule has 5 heteroatoms. The van der Waals surface area contributed by atoms with Crippen molar-refractivity contribution in [3.8, 4) is 0 Å². The molecular weight excluding hydrogens is 304 g/mol. The molecule has 0 spiro atoms. The second-order valence-corrected chi connectivity index (χ2v) is 7.06. The number of thiophene rings is 1. The van der Waals surface area contributed by atoms with Crippen molar-refractivity contribution in [3.63, 3.8) is 0 Å². The SMILES string of the molecule is C/C(CC(C)C)=N\NC(=O)c1sc2cc(C)ccc2c1Cl. The molecule has 0 saturated carbocycles. The number of hydrogen-bond donors (Lipinski definition) is 1. The van der Waals surface area contributed by atoms with Crippen LogP contribution in [0.15, 0.2) is 23.3 Å². The van der Waals surface area contributed by atoms with Gasteiger partial charge in [-0.3, -0.25) is 4.79 Å². The Balaban J connectivity index is 2.22. The molecule has 1 N–H and O–H groups in total. The summed E-state index contributed by atoms with van der Waals surface area (Å²) >= 11 is 7.70. The summed E-state index contributed by atoms with van der Waals surface area (Å²) in [6.07, 6.45) is 0.861. The number of hydrogen-bond acceptors (Lipinski definition) is 3. The number of benzene rings is 1. The van der Waals surface area contributed by atoms with E-state index in [4.69, 9.17) is 11.6 Å². The van der Waals surface area contributed by atoms with E-state index in [1.165, 1.54) is 11.3 Å². The van der Waals surface area contributed by atoms with Crippen LogP contribution in [0.25, 0.3) is 10.1 Å². The Bertz CT molecular complexity index is 704. The first-order valence-corrected chi connectivity index (χ1v) is 8.10. The summed E-state index contributed by atoms with van der Waals surface area (Å²) < 4.78 is 1.02. The first-order valence-electron chi connectivity index (χ1n) is 6.90. The van der Waals surface area contributed by atoms with Gasteiger partial charge in [-0.15, -0.1) is 11.3 Å². The van der Waals surface area contributed by atoms with Crippen molar-refractivity contribution >= 4 is 44.6 Å². The second kappa shape index (κ2) is 6.58. The number of nitrogens with one attached hydrogen (secondary N) is 1. The van der Waals surface area contributed by atoms with Crippen molar-refractivity contribution in [1.82, 2.24) is 5.43 Å². The van der Waals surface area contributed by atoms with Gasteiger partial charge in [0, 0.05) is 15.8 Å². The van der Waals surface area contributed by atoms with Gasteiger partial charge in [-0.05, 0) is 37.8 Å². The summed E-state index contributed by atoms with van der Waals surface area (Å²) in [5.41, 5.74) is 4.66. The highest BCUT2D eigenvalue weighted by Crippen LogP contribution is 2.35. The van der Waals surface area contributed by atoms with Gasteiger partial charge < -0.3 is 0 Å². The Morgan fingerprint density at radius 2 is 2.14 bits per heavy atom. The maximum atomic E-state index is 12.2. The van der Waals surface area contributed by atoms with Gasteiger partial charge in [0.05, 0.1) is 5.02 Å². The van der Waals surface area contributed by atoms with Crippen molar-refractivity contribution in [2.24, 2.45) is 11.0 Å². The van der Waals surface area contributed by atoms with E-state index in [9.17, 15) is 4.79 Å². The summed E-state index contributed by atoms with van der Waals surface area (Å²) in [6, 6.07) is 5.98. The van der Waals surface area contributed by atoms with Crippen molar-refractivity contribution < 1.29 is 4.79 Å². The smallest absolute Gasteiger partial charge is 0.266 e.